The van der Waals surface area contributed by atoms with E-state index in [1.807, 2.05) is 0 Å². The van der Waals surface area contributed by atoms with E-state index in [1.54, 1.807) is 0 Å². The molecule has 0 saturated heterocycles. The molecule has 3 aromatic heterocycles. The Morgan fingerprint density at radius 3 is 2.47 bits per heavy atom. The SMILES string of the molecule is COc1cnc(-n2c(SCc3ccc(C(F)(F)F)cc3)nn3ncc(F)c3c2=O)c(F)n1. The number of methoxy groups -OCH3 is 1. The summed E-state index contributed by atoms with van der Waals surface area (Å²) >= 11 is 0.887. The number of fused-ring (bicyclic) bond motifs is 1. The van der Waals surface area contributed by atoms with Gasteiger partial charge in [0.1, 0.15) is 0 Å². The number of ether oxygens (including phenoxy) is 1. The lowest BCUT2D eigenvalue weighted by Gasteiger charge is -2.12. The topological polar surface area (TPSA) is 87.2 Å². The van der Waals surface area contributed by atoms with Gasteiger partial charge in [0.25, 0.3) is 11.5 Å². The van der Waals surface area contributed by atoms with Crippen molar-refractivity contribution in [2.75, 3.05) is 7.11 Å². The molecule has 0 saturated carbocycles. The third kappa shape index (κ3) is 4.00. The van der Waals surface area contributed by atoms with E-state index in [0.717, 1.165) is 45.5 Å². The summed E-state index contributed by atoms with van der Waals surface area (Å²) in [5.41, 5.74) is -1.88. The van der Waals surface area contributed by atoms with Crippen LogP contribution >= 0.6 is 11.8 Å². The van der Waals surface area contributed by atoms with Crippen LogP contribution in [-0.4, -0.2) is 36.5 Å². The van der Waals surface area contributed by atoms with Crippen LogP contribution in [0.2, 0.25) is 0 Å². The molecule has 0 bridgehead atoms. The Morgan fingerprint density at radius 2 is 1.84 bits per heavy atom. The van der Waals surface area contributed by atoms with Crippen molar-refractivity contribution in [2.45, 2.75) is 17.1 Å². The molecular weight excluding hydrogens is 459 g/mol. The van der Waals surface area contributed by atoms with Crippen molar-refractivity contribution >= 4 is 17.3 Å². The van der Waals surface area contributed by atoms with Gasteiger partial charge < -0.3 is 4.74 Å². The van der Waals surface area contributed by atoms with Crippen LogP contribution in [-0.2, 0) is 11.9 Å². The minimum Gasteiger partial charge on any atom is -0.480 e. The molecule has 3 heterocycles. The smallest absolute Gasteiger partial charge is 0.416 e. The Kier molecular flexibility index (Phi) is 5.54. The Labute approximate surface area is 179 Å². The molecule has 8 nitrogen and oxygen atoms in total. The maximum atomic E-state index is 14.6. The summed E-state index contributed by atoms with van der Waals surface area (Å²) in [6, 6.07) is 4.35. The molecule has 4 aromatic rings. The van der Waals surface area contributed by atoms with Crippen molar-refractivity contribution in [3.05, 3.63) is 69.9 Å². The molecule has 4 rings (SSSR count). The maximum absolute atomic E-state index is 14.6. The Hall–Kier alpha value is -3.55. The van der Waals surface area contributed by atoms with Crippen LogP contribution in [0, 0.1) is 11.8 Å². The largest absolute Gasteiger partial charge is 0.480 e. The fraction of sp³-hybridized carbons (Fsp3) is 0.167. The molecule has 32 heavy (non-hydrogen) atoms. The van der Waals surface area contributed by atoms with Crippen LogP contribution in [0.3, 0.4) is 0 Å². The van der Waals surface area contributed by atoms with Crippen LogP contribution in [0.25, 0.3) is 11.3 Å². The number of hydrogen-bond donors (Lipinski definition) is 0. The number of aromatic nitrogens is 6. The molecular formula is C18H11F5N6O2S. The van der Waals surface area contributed by atoms with Crippen LogP contribution in [0.5, 0.6) is 5.88 Å². The highest BCUT2D eigenvalue weighted by Gasteiger charge is 2.30. The van der Waals surface area contributed by atoms with E-state index in [1.165, 1.54) is 19.2 Å². The van der Waals surface area contributed by atoms with Crippen LogP contribution in [0.1, 0.15) is 11.1 Å². The fourth-order valence-electron chi connectivity index (χ4n) is 2.71. The summed E-state index contributed by atoms with van der Waals surface area (Å²) in [6.07, 6.45) is -2.64. The summed E-state index contributed by atoms with van der Waals surface area (Å²) in [5.74, 6) is -2.79. The zero-order valence-electron chi connectivity index (χ0n) is 16.0. The molecule has 0 aliphatic rings. The number of thioether (sulfide) groups is 1. The van der Waals surface area contributed by atoms with Gasteiger partial charge in [-0.05, 0) is 17.7 Å². The normalized spacial score (nSPS) is 11.8. The summed E-state index contributed by atoms with van der Waals surface area (Å²) in [7, 11) is 1.25. The van der Waals surface area contributed by atoms with Gasteiger partial charge in [-0.2, -0.15) is 27.6 Å². The first-order valence-electron chi connectivity index (χ1n) is 8.71. The molecule has 0 unspecified atom stereocenters. The summed E-state index contributed by atoms with van der Waals surface area (Å²) in [4.78, 5) is 20.3. The Balaban J connectivity index is 1.77. The minimum atomic E-state index is -4.48. The predicted molar refractivity (Wildman–Crippen MR) is 102 cm³/mol. The second-order valence-corrected chi connectivity index (χ2v) is 7.21. The summed E-state index contributed by atoms with van der Waals surface area (Å²) in [6.45, 7) is 0. The Morgan fingerprint density at radius 1 is 1.12 bits per heavy atom. The third-order valence-electron chi connectivity index (χ3n) is 4.24. The van der Waals surface area contributed by atoms with Crippen molar-refractivity contribution in [3.8, 4) is 11.7 Å². The highest BCUT2D eigenvalue weighted by atomic mass is 32.2. The first-order chi connectivity index (χ1) is 15.2. The minimum absolute atomic E-state index is 0.0606. The predicted octanol–water partition coefficient (Wildman–Crippen LogP) is 3.27. The van der Waals surface area contributed by atoms with Crippen LogP contribution < -0.4 is 10.3 Å². The number of nitrogens with zero attached hydrogens (tertiary/aromatic N) is 6. The summed E-state index contributed by atoms with van der Waals surface area (Å²) < 4.78 is 73.1. The summed E-state index contributed by atoms with van der Waals surface area (Å²) in [5, 5.41) is 7.55. The fourth-order valence-corrected chi connectivity index (χ4v) is 3.64. The first kappa shape index (κ1) is 21.7. The zero-order valence-corrected chi connectivity index (χ0v) is 16.8. The van der Waals surface area contributed by atoms with Gasteiger partial charge in [-0.3, -0.25) is 4.79 Å². The average Bonchev–Trinajstić information content (AvgIpc) is 3.13. The van der Waals surface area contributed by atoms with Gasteiger partial charge >= 0.3 is 6.18 Å². The van der Waals surface area contributed by atoms with E-state index in [0.29, 0.717) is 5.56 Å². The molecule has 0 atom stereocenters. The maximum Gasteiger partial charge on any atom is 0.416 e. The molecule has 14 heteroatoms. The lowest BCUT2D eigenvalue weighted by atomic mass is 10.1. The molecule has 0 spiro atoms. The Bertz CT molecular complexity index is 1350. The molecule has 0 aliphatic heterocycles. The van der Waals surface area contributed by atoms with Crippen molar-refractivity contribution in [3.63, 3.8) is 0 Å². The van der Waals surface area contributed by atoms with Gasteiger partial charge in [-0.25, -0.2) is 13.9 Å². The van der Waals surface area contributed by atoms with Crippen molar-refractivity contribution in [1.82, 2.24) is 29.4 Å². The van der Waals surface area contributed by atoms with Crippen molar-refractivity contribution < 1.29 is 26.7 Å². The van der Waals surface area contributed by atoms with E-state index in [-0.39, 0.29) is 16.8 Å². The second kappa shape index (κ2) is 8.18. The standard InChI is InChI=1S/C18H11F5N6O2S/c1-31-12-7-24-15(14(20)26-12)28-16(30)13-11(19)6-25-29(13)27-17(28)32-8-9-2-4-10(5-3-9)18(21,22)23/h2-7H,8H2,1H3. The van der Waals surface area contributed by atoms with Gasteiger partial charge in [0, 0.05) is 5.75 Å². The van der Waals surface area contributed by atoms with Crippen molar-refractivity contribution in [2.24, 2.45) is 0 Å². The lowest BCUT2D eigenvalue weighted by molar-refractivity contribution is -0.137. The van der Waals surface area contributed by atoms with E-state index in [4.69, 9.17) is 4.74 Å². The van der Waals surface area contributed by atoms with Gasteiger partial charge in [0.15, 0.2) is 22.3 Å². The molecule has 0 aliphatic carbocycles. The molecule has 1 aromatic carbocycles. The van der Waals surface area contributed by atoms with Gasteiger partial charge in [0.05, 0.1) is 25.1 Å². The lowest BCUT2D eigenvalue weighted by Crippen LogP contribution is -2.27. The molecule has 0 amide bonds. The van der Waals surface area contributed by atoms with Crippen molar-refractivity contribution in [1.29, 1.82) is 0 Å². The third-order valence-corrected chi connectivity index (χ3v) is 5.24. The molecule has 166 valence electrons. The average molecular weight is 470 g/mol. The molecule has 0 fully saturated rings. The van der Waals surface area contributed by atoms with Gasteiger partial charge in [-0.15, -0.1) is 9.73 Å². The van der Waals surface area contributed by atoms with E-state index in [2.05, 4.69) is 20.2 Å². The number of hydrogen-bond acceptors (Lipinski definition) is 7. The van der Waals surface area contributed by atoms with Crippen LogP contribution in [0.15, 0.2) is 46.6 Å². The van der Waals surface area contributed by atoms with E-state index >= 15 is 0 Å². The number of rotatable bonds is 5. The number of alkyl halides is 3. The monoisotopic (exact) mass is 470 g/mol. The first-order valence-corrected chi connectivity index (χ1v) is 9.70. The van der Waals surface area contributed by atoms with Gasteiger partial charge in [-0.1, -0.05) is 23.9 Å². The zero-order chi connectivity index (χ0) is 23.0. The van der Waals surface area contributed by atoms with E-state index in [9.17, 15) is 26.7 Å². The van der Waals surface area contributed by atoms with E-state index < -0.39 is 40.4 Å². The molecule has 0 N–H and O–H groups in total. The molecule has 0 radical (unpaired) electrons. The second-order valence-electron chi connectivity index (χ2n) is 6.26. The van der Waals surface area contributed by atoms with Gasteiger partial charge in [0.2, 0.25) is 5.88 Å². The highest BCUT2D eigenvalue weighted by molar-refractivity contribution is 7.98. The van der Waals surface area contributed by atoms with Crippen LogP contribution in [0.4, 0.5) is 22.0 Å². The number of halogens is 5. The number of benzene rings is 1. The highest BCUT2D eigenvalue weighted by Crippen LogP contribution is 2.30. The quantitative estimate of drug-likeness (QED) is 0.327.